The Labute approximate surface area is 196 Å². The molecular weight excluding hydrogens is 420 g/mol. The van der Waals surface area contributed by atoms with E-state index in [0.717, 1.165) is 32.1 Å². The minimum Gasteiger partial charge on any atom is -0.474 e. The molecule has 2 amide bonds. The van der Waals surface area contributed by atoms with Crippen LogP contribution in [-0.4, -0.2) is 51.0 Å². The van der Waals surface area contributed by atoms with Gasteiger partial charge in [-0.25, -0.2) is 4.68 Å². The van der Waals surface area contributed by atoms with Crippen molar-refractivity contribution in [3.63, 3.8) is 0 Å². The van der Waals surface area contributed by atoms with E-state index in [2.05, 4.69) is 15.7 Å². The first-order valence-electron chi connectivity index (χ1n) is 12.1. The fourth-order valence-corrected chi connectivity index (χ4v) is 6.56. The minimum atomic E-state index is -0.571. The topological polar surface area (TPSA) is 105 Å². The van der Waals surface area contributed by atoms with Crippen LogP contribution in [0.4, 0.5) is 0 Å². The van der Waals surface area contributed by atoms with Gasteiger partial charge in [0.2, 0.25) is 11.8 Å². The molecular formula is C25H38N4O4. The summed E-state index contributed by atoms with van der Waals surface area (Å²) in [5.74, 6) is 1.64. The SMILES string of the molecule is CC(=O)NC(C)(C)/C=C/n1ncc(C(=O)N[C@H]2C3CC4CC2C[C@@](CO)(C4)C3)c1OC(C)C. The summed E-state index contributed by atoms with van der Waals surface area (Å²) >= 11 is 0. The molecule has 2 unspecified atom stereocenters. The molecule has 0 aliphatic heterocycles. The van der Waals surface area contributed by atoms with Crippen molar-refractivity contribution in [3.05, 3.63) is 17.8 Å². The number of carbonyl (C=O) groups is 2. The van der Waals surface area contributed by atoms with Gasteiger partial charge < -0.3 is 20.5 Å². The van der Waals surface area contributed by atoms with E-state index in [1.54, 1.807) is 17.1 Å². The highest BCUT2D eigenvalue weighted by molar-refractivity contribution is 5.96. The third-order valence-electron chi connectivity index (χ3n) is 7.51. The average molecular weight is 459 g/mol. The van der Waals surface area contributed by atoms with Crippen LogP contribution in [0, 0.1) is 23.2 Å². The molecule has 0 radical (unpaired) electrons. The molecule has 1 aromatic rings. The number of nitrogens with one attached hydrogen (secondary N) is 2. The van der Waals surface area contributed by atoms with Gasteiger partial charge in [0.05, 0.1) is 17.8 Å². The lowest BCUT2D eigenvalue weighted by Crippen LogP contribution is -2.60. The van der Waals surface area contributed by atoms with Crippen molar-refractivity contribution in [2.75, 3.05) is 6.61 Å². The first-order valence-corrected chi connectivity index (χ1v) is 12.1. The molecule has 1 aromatic heterocycles. The predicted molar refractivity (Wildman–Crippen MR) is 126 cm³/mol. The molecule has 5 rings (SSSR count). The van der Waals surface area contributed by atoms with Crippen LogP contribution in [0.15, 0.2) is 12.3 Å². The molecule has 0 aromatic carbocycles. The Kier molecular flexibility index (Phi) is 6.33. The second kappa shape index (κ2) is 8.78. The van der Waals surface area contributed by atoms with Crippen molar-refractivity contribution in [2.24, 2.45) is 23.2 Å². The second-order valence-corrected chi connectivity index (χ2v) is 11.3. The van der Waals surface area contributed by atoms with E-state index in [4.69, 9.17) is 4.74 Å². The Morgan fingerprint density at radius 1 is 1.30 bits per heavy atom. The summed E-state index contributed by atoms with van der Waals surface area (Å²) in [7, 11) is 0. The number of nitrogens with zero attached hydrogens (tertiary/aromatic N) is 2. The van der Waals surface area contributed by atoms with Gasteiger partial charge in [-0.2, -0.15) is 5.10 Å². The number of rotatable bonds is 8. The zero-order chi connectivity index (χ0) is 24.0. The summed E-state index contributed by atoms with van der Waals surface area (Å²) in [5, 5.41) is 20.6. The van der Waals surface area contributed by atoms with Crippen LogP contribution in [0.1, 0.15) is 77.1 Å². The molecule has 0 spiro atoms. The molecule has 2 atom stereocenters. The van der Waals surface area contributed by atoms with Gasteiger partial charge in [-0.15, -0.1) is 0 Å². The Balaban J connectivity index is 1.53. The number of aliphatic hydroxyl groups excluding tert-OH is 1. The minimum absolute atomic E-state index is 0.0695. The maximum atomic E-state index is 13.4. The molecule has 3 N–H and O–H groups in total. The van der Waals surface area contributed by atoms with E-state index in [1.807, 2.05) is 33.8 Å². The summed E-state index contributed by atoms with van der Waals surface area (Å²) in [4.78, 5) is 24.8. The van der Waals surface area contributed by atoms with Gasteiger partial charge in [-0.05, 0) is 89.0 Å². The van der Waals surface area contributed by atoms with E-state index in [0.29, 0.717) is 29.2 Å². The zero-order valence-electron chi connectivity index (χ0n) is 20.4. The maximum absolute atomic E-state index is 13.4. The molecule has 8 heteroatoms. The molecule has 8 nitrogen and oxygen atoms in total. The van der Waals surface area contributed by atoms with Crippen molar-refractivity contribution in [1.29, 1.82) is 0 Å². The van der Waals surface area contributed by atoms with Crippen LogP contribution in [0.3, 0.4) is 0 Å². The monoisotopic (exact) mass is 458 g/mol. The number of amides is 2. The number of ether oxygens (including phenoxy) is 1. The summed E-state index contributed by atoms with van der Waals surface area (Å²) in [6, 6.07) is 0.137. The molecule has 4 fully saturated rings. The van der Waals surface area contributed by atoms with E-state index in [1.165, 1.54) is 6.92 Å². The number of aromatic nitrogens is 2. The Hall–Kier alpha value is -2.35. The smallest absolute Gasteiger partial charge is 0.258 e. The Morgan fingerprint density at radius 2 is 1.97 bits per heavy atom. The Bertz CT molecular complexity index is 919. The molecule has 4 saturated carbocycles. The summed E-state index contributed by atoms with van der Waals surface area (Å²) in [5.41, 5.74) is -0.0883. The van der Waals surface area contributed by atoms with Crippen LogP contribution in [0.25, 0.3) is 6.20 Å². The van der Waals surface area contributed by atoms with E-state index in [-0.39, 0.29) is 36.0 Å². The Morgan fingerprint density at radius 3 is 2.55 bits per heavy atom. The lowest BCUT2D eigenvalue weighted by atomic mass is 9.48. The molecule has 182 valence electrons. The van der Waals surface area contributed by atoms with Crippen LogP contribution in [-0.2, 0) is 4.79 Å². The van der Waals surface area contributed by atoms with E-state index in [9.17, 15) is 14.7 Å². The summed E-state index contributed by atoms with van der Waals surface area (Å²) in [6.45, 7) is 9.34. The summed E-state index contributed by atoms with van der Waals surface area (Å²) in [6.07, 6.45) is 10.4. The molecule has 4 aliphatic rings. The van der Waals surface area contributed by atoms with Gasteiger partial charge in [-0.1, -0.05) is 0 Å². The van der Waals surface area contributed by atoms with Crippen molar-refractivity contribution in [2.45, 2.75) is 84.4 Å². The highest BCUT2D eigenvalue weighted by atomic mass is 16.5. The third-order valence-corrected chi connectivity index (χ3v) is 7.51. The fourth-order valence-electron chi connectivity index (χ4n) is 6.56. The first kappa shape index (κ1) is 23.8. The molecule has 1 heterocycles. The van der Waals surface area contributed by atoms with Crippen molar-refractivity contribution >= 4 is 18.0 Å². The zero-order valence-corrected chi connectivity index (χ0v) is 20.4. The fraction of sp³-hybridized carbons (Fsp3) is 0.720. The third kappa shape index (κ3) is 4.95. The highest BCUT2D eigenvalue weighted by Crippen LogP contribution is 2.59. The van der Waals surface area contributed by atoms with Crippen molar-refractivity contribution < 1.29 is 19.4 Å². The van der Waals surface area contributed by atoms with Gasteiger partial charge in [0, 0.05) is 25.8 Å². The molecule has 33 heavy (non-hydrogen) atoms. The normalized spacial score (nSPS) is 30.8. The second-order valence-electron chi connectivity index (χ2n) is 11.3. The largest absolute Gasteiger partial charge is 0.474 e. The van der Waals surface area contributed by atoms with Crippen LogP contribution in [0.2, 0.25) is 0 Å². The quantitative estimate of drug-likeness (QED) is 0.555. The van der Waals surface area contributed by atoms with Crippen LogP contribution < -0.4 is 15.4 Å². The lowest BCUT2D eigenvalue weighted by molar-refractivity contribution is -0.120. The van der Waals surface area contributed by atoms with E-state index >= 15 is 0 Å². The summed E-state index contributed by atoms with van der Waals surface area (Å²) < 4.78 is 7.54. The number of hydrogen-bond donors (Lipinski definition) is 3. The molecule has 0 saturated heterocycles. The highest BCUT2D eigenvalue weighted by Gasteiger charge is 2.55. The van der Waals surface area contributed by atoms with E-state index < -0.39 is 5.54 Å². The van der Waals surface area contributed by atoms with Crippen LogP contribution in [0.5, 0.6) is 5.88 Å². The molecule has 4 bridgehead atoms. The standard InChI is InChI=1S/C25H38N4O4/c1-15(2)33-23-20(13-26-29(23)7-6-24(4,5)28-16(3)31)22(32)27-21-18-8-17-9-19(21)12-25(10-17,11-18)14-30/h6-7,13,15,17-19,21,30H,8-12,14H2,1-5H3,(H,27,32)(H,28,31)/b7-6+/t17?,18?,19?,21-,25+. The lowest BCUT2D eigenvalue weighted by Gasteiger charge is -2.59. The first-order chi connectivity index (χ1) is 15.5. The maximum Gasteiger partial charge on any atom is 0.258 e. The predicted octanol–water partition coefficient (Wildman–Crippen LogP) is 2.97. The number of carbonyl (C=O) groups excluding carboxylic acids is 2. The number of aliphatic hydroxyl groups is 1. The van der Waals surface area contributed by atoms with Crippen molar-refractivity contribution in [3.8, 4) is 5.88 Å². The van der Waals surface area contributed by atoms with Gasteiger partial charge in [0.15, 0.2) is 0 Å². The number of hydrogen-bond acceptors (Lipinski definition) is 5. The van der Waals surface area contributed by atoms with Gasteiger partial charge in [0.1, 0.15) is 5.56 Å². The van der Waals surface area contributed by atoms with Crippen molar-refractivity contribution in [1.82, 2.24) is 20.4 Å². The van der Waals surface area contributed by atoms with Gasteiger partial charge in [0.25, 0.3) is 5.91 Å². The van der Waals surface area contributed by atoms with Gasteiger partial charge in [-0.3, -0.25) is 9.59 Å². The van der Waals surface area contributed by atoms with Crippen LogP contribution >= 0.6 is 0 Å². The molecule has 4 aliphatic carbocycles. The average Bonchev–Trinajstić information content (AvgIpc) is 3.09. The van der Waals surface area contributed by atoms with Gasteiger partial charge >= 0.3 is 0 Å².